The molecular weight excluding hydrogens is 300 g/mol. The lowest BCUT2D eigenvalue weighted by Crippen LogP contribution is -2.57. The van der Waals surface area contributed by atoms with E-state index in [9.17, 15) is 0 Å². The maximum atomic E-state index is 5.54. The summed E-state index contributed by atoms with van der Waals surface area (Å²) in [5, 5.41) is 7.01. The SMILES string of the molecule is CN=C(NCCCCC1CCCC1)NCC1(N(C)C)CCOCC1. The average molecular weight is 339 g/mol. The van der Waals surface area contributed by atoms with Gasteiger partial charge in [0.1, 0.15) is 0 Å². The highest BCUT2D eigenvalue weighted by atomic mass is 16.5. The molecule has 0 atom stereocenters. The molecule has 5 nitrogen and oxygen atoms in total. The number of hydrogen-bond acceptors (Lipinski definition) is 3. The minimum absolute atomic E-state index is 0.179. The Balaban J connectivity index is 1.64. The lowest BCUT2D eigenvalue weighted by atomic mass is 9.88. The smallest absolute Gasteiger partial charge is 0.191 e. The van der Waals surface area contributed by atoms with Crippen LogP contribution in [0.2, 0.25) is 0 Å². The van der Waals surface area contributed by atoms with Gasteiger partial charge in [0, 0.05) is 38.9 Å². The monoisotopic (exact) mass is 338 g/mol. The third-order valence-corrected chi connectivity index (χ3v) is 5.99. The molecule has 0 bridgehead atoms. The summed E-state index contributed by atoms with van der Waals surface area (Å²) in [6.45, 7) is 3.65. The zero-order valence-corrected chi connectivity index (χ0v) is 16.1. The first-order valence-corrected chi connectivity index (χ1v) is 9.86. The van der Waals surface area contributed by atoms with E-state index in [1.54, 1.807) is 0 Å². The molecule has 2 rings (SSSR count). The molecule has 1 aliphatic heterocycles. The fourth-order valence-corrected chi connectivity index (χ4v) is 4.07. The van der Waals surface area contributed by atoms with Gasteiger partial charge in [0.25, 0.3) is 0 Å². The number of guanidine groups is 1. The molecular formula is C19H38N4O. The van der Waals surface area contributed by atoms with Crippen molar-refractivity contribution in [3.8, 4) is 0 Å². The molecule has 24 heavy (non-hydrogen) atoms. The summed E-state index contributed by atoms with van der Waals surface area (Å²) in [6.07, 6.45) is 12.0. The van der Waals surface area contributed by atoms with E-state index in [0.29, 0.717) is 0 Å². The molecule has 0 unspecified atom stereocenters. The van der Waals surface area contributed by atoms with E-state index >= 15 is 0 Å². The second-order valence-corrected chi connectivity index (χ2v) is 7.73. The molecule has 1 saturated heterocycles. The van der Waals surface area contributed by atoms with E-state index in [4.69, 9.17) is 4.74 Å². The highest BCUT2D eigenvalue weighted by Gasteiger charge is 2.34. The number of rotatable bonds is 8. The van der Waals surface area contributed by atoms with Crippen molar-refractivity contribution in [3.05, 3.63) is 0 Å². The largest absolute Gasteiger partial charge is 0.381 e. The summed E-state index contributed by atoms with van der Waals surface area (Å²) >= 11 is 0. The predicted octanol–water partition coefficient (Wildman–Crippen LogP) is 2.62. The third kappa shape index (κ3) is 5.92. The molecule has 0 aromatic carbocycles. The second kappa shape index (κ2) is 10.2. The summed E-state index contributed by atoms with van der Waals surface area (Å²) in [6, 6.07) is 0. The Bertz CT molecular complexity index is 372. The number of nitrogens with zero attached hydrogens (tertiary/aromatic N) is 2. The highest BCUT2D eigenvalue weighted by Crippen LogP contribution is 2.28. The number of likely N-dealkylation sites (N-methyl/N-ethyl adjacent to an activating group) is 1. The van der Waals surface area contributed by atoms with Crippen LogP contribution < -0.4 is 10.6 Å². The fourth-order valence-electron chi connectivity index (χ4n) is 4.07. The number of ether oxygens (including phenoxy) is 1. The summed E-state index contributed by atoms with van der Waals surface area (Å²) < 4.78 is 5.54. The van der Waals surface area contributed by atoms with E-state index in [1.807, 2.05) is 7.05 Å². The van der Waals surface area contributed by atoms with Crippen molar-refractivity contribution in [1.82, 2.24) is 15.5 Å². The van der Waals surface area contributed by atoms with Crippen LogP contribution in [0.3, 0.4) is 0 Å². The molecule has 5 heteroatoms. The average Bonchev–Trinajstić information content (AvgIpc) is 3.11. The molecule has 2 fully saturated rings. The lowest BCUT2D eigenvalue weighted by Gasteiger charge is -2.43. The van der Waals surface area contributed by atoms with Gasteiger partial charge in [-0.15, -0.1) is 0 Å². The van der Waals surface area contributed by atoms with Crippen molar-refractivity contribution in [3.63, 3.8) is 0 Å². The maximum absolute atomic E-state index is 5.54. The predicted molar refractivity (Wildman–Crippen MR) is 102 cm³/mol. The summed E-state index contributed by atoms with van der Waals surface area (Å²) in [7, 11) is 6.21. The molecule has 0 aromatic rings. The van der Waals surface area contributed by atoms with Gasteiger partial charge < -0.3 is 20.3 Å². The van der Waals surface area contributed by atoms with E-state index in [-0.39, 0.29) is 5.54 Å². The first kappa shape index (κ1) is 19.5. The van der Waals surface area contributed by atoms with Crippen molar-refractivity contribution in [2.24, 2.45) is 10.9 Å². The molecule has 1 saturated carbocycles. The van der Waals surface area contributed by atoms with Crippen molar-refractivity contribution in [2.75, 3.05) is 47.4 Å². The van der Waals surface area contributed by atoms with Gasteiger partial charge in [0.05, 0.1) is 0 Å². The van der Waals surface area contributed by atoms with Gasteiger partial charge in [-0.1, -0.05) is 38.5 Å². The molecule has 0 radical (unpaired) electrons. The van der Waals surface area contributed by atoms with Crippen LogP contribution in [-0.4, -0.2) is 63.8 Å². The molecule has 2 N–H and O–H groups in total. The summed E-state index contributed by atoms with van der Waals surface area (Å²) in [5.41, 5.74) is 0.179. The van der Waals surface area contributed by atoms with Crippen LogP contribution >= 0.6 is 0 Å². The standard InChI is InChI=1S/C19H38N4O/c1-20-18(21-13-7-6-10-17-8-4-5-9-17)22-16-19(23(2)3)11-14-24-15-12-19/h17H,4-16H2,1-3H3,(H2,20,21,22). The molecule has 0 spiro atoms. The number of aliphatic imine (C=N–C) groups is 1. The Kier molecular flexibility index (Phi) is 8.33. The molecule has 1 heterocycles. The van der Waals surface area contributed by atoms with Crippen molar-refractivity contribution < 1.29 is 4.74 Å². The van der Waals surface area contributed by atoms with Gasteiger partial charge >= 0.3 is 0 Å². The number of nitrogens with one attached hydrogen (secondary N) is 2. The van der Waals surface area contributed by atoms with E-state index in [1.165, 1.54) is 44.9 Å². The van der Waals surface area contributed by atoms with Gasteiger partial charge in [0.15, 0.2) is 5.96 Å². The van der Waals surface area contributed by atoms with Crippen LogP contribution in [0, 0.1) is 5.92 Å². The van der Waals surface area contributed by atoms with Crippen molar-refractivity contribution in [2.45, 2.75) is 63.3 Å². The van der Waals surface area contributed by atoms with Gasteiger partial charge in [-0.25, -0.2) is 0 Å². The van der Waals surface area contributed by atoms with Gasteiger partial charge in [-0.2, -0.15) is 0 Å². The molecule has 2 aliphatic rings. The summed E-state index contributed by atoms with van der Waals surface area (Å²) in [4.78, 5) is 6.73. The Hall–Kier alpha value is -0.810. The van der Waals surface area contributed by atoms with Crippen LogP contribution in [0.15, 0.2) is 4.99 Å². The van der Waals surface area contributed by atoms with Gasteiger partial charge in [0.2, 0.25) is 0 Å². The van der Waals surface area contributed by atoms with Crippen LogP contribution in [0.1, 0.15) is 57.8 Å². The van der Waals surface area contributed by atoms with Crippen LogP contribution in [-0.2, 0) is 4.74 Å². The minimum Gasteiger partial charge on any atom is -0.381 e. The zero-order chi connectivity index (χ0) is 17.3. The molecule has 140 valence electrons. The molecule has 0 amide bonds. The van der Waals surface area contributed by atoms with Gasteiger partial charge in [-0.3, -0.25) is 4.99 Å². The number of hydrogen-bond donors (Lipinski definition) is 2. The first-order chi connectivity index (χ1) is 11.7. The Morgan fingerprint density at radius 1 is 1.12 bits per heavy atom. The third-order valence-electron chi connectivity index (χ3n) is 5.99. The lowest BCUT2D eigenvalue weighted by molar-refractivity contribution is -0.00501. The van der Waals surface area contributed by atoms with E-state index in [2.05, 4.69) is 34.6 Å². The topological polar surface area (TPSA) is 48.9 Å². The first-order valence-electron chi connectivity index (χ1n) is 9.86. The molecule has 1 aliphatic carbocycles. The zero-order valence-electron chi connectivity index (χ0n) is 16.1. The Labute approximate surface area is 148 Å². The maximum Gasteiger partial charge on any atom is 0.191 e. The summed E-state index contributed by atoms with van der Waals surface area (Å²) in [5.74, 6) is 1.94. The number of unbranched alkanes of at least 4 members (excludes halogenated alkanes) is 1. The van der Waals surface area contributed by atoms with E-state index in [0.717, 1.165) is 51.0 Å². The van der Waals surface area contributed by atoms with Gasteiger partial charge in [-0.05, 0) is 39.3 Å². The van der Waals surface area contributed by atoms with Crippen LogP contribution in [0.4, 0.5) is 0 Å². The quantitative estimate of drug-likeness (QED) is 0.406. The fraction of sp³-hybridized carbons (Fsp3) is 0.947. The normalized spacial score (nSPS) is 22.1. The van der Waals surface area contributed by atoms with Crippen LogP contribution in [0.5, 0.6) is 0 Å². The second-order valence-electron chi connectivity index (χ2n) is 7.73. The van der Waals surface area contributed by atoms with Crippen molar-refractivity contribution in [1.29, 1.82) is 0 Å². The van der Waals surface area contributed by atoms with Crippen molar-refractivity contribution >= 4 is 5.96 Å². The minimum atomic E-state index is 0.179. The highest BCUT2D eigenvalue weighted by molar-refractivity contribution is 5.79. The Morgan fingerprint density at radius 2 is 1.83 bits per heavy atom. The molecule has 0 aromatic heterocycles. The van der Waals surface area contributed by atoms with Crippen LogP contribution in [0.25, 0.3) is 0 Å². The Morgan fingerprint density at radius 3 is 2.46 bits per heavy atom. The van der Waals surface area contributed by atoms with E-state index < -0.39 is 0 Å².